The predicted octanol–water partition coefficient (Wildman–Crippen LogP) is 1.28. The molecular weight excluding hydrogens is 520 g/mol. The third kappa shape index (κ3) is 10.8. The molecule has 2 aromatic rings. The number of hydrogen-bond donors (Lipinski definition) is 6. The van der Waals surface area contributed by atoms with Gasteiger partial charge in [-0.15, -0.1) is 0 Å². The van der Waals surface area contributed by atoms with Crippen molar-refractivity contribution in [1.29, 1.82) is 5.41 Å². The predicted molar refractivity (Wildman–Crippen MR) is 153 cm³/mol. The molecule has 0 saturated carbocycles. The first-order valence-electron chi connectivity index (χ1n) is 12.6. The summed E-state index contributed by atoms with van der Waals surface area (Å²) in [6.45, 7) is 3.98. The van der Waals surface area contributed by atoms with E-state index in [0.717, 1.165) is 28.2 Å². The fourth-order valence-electron chi connectivity index (χ4n) is 3.94. The van der Waals surface area contributed by atoms with E-state index in [2.05, 4.69) is 20.9 Å². The summed E-state index contributed by atoms with van der Waals surface area (Å²) < 4.78 is 0. The van der Waals surface area contributed by atoms with Crippen LogP contribution >= 0.6 is 11.8 Å². The van der Waals surface area contributed by atoms with E-state index in [4.69, 9.17) is 16.9 Å². The smallest absolute Gasteiger partial charge is 0.282 e. The number of benzene rings is 1. The van der Waals surface area contributed by atoms with Crippen molar-refractivity contribution in [1.82, 2.24) is 25.8 Å². The van der Waals surface area contributed by atoms with Crippen LogP contribution in [0.15, 0.2) is 36.5 Å². The number of hydrogen-bond acceptors (Lipinski definition) is 7. The monoisotopic (exact) mass is 558 g/mol. The SMILES string of the molecule is CSC(=O)N(CC(=O)N[C@@H](CCCNC(=N)N)C(=O)N[C@@H](CC(C)C)C(N)=O)Cc1cnc2ccccc2c1. The number of carbonyl (C=O) groups is 4. The molecule has 39 heavy (non-hydrogen) atoms. The van der Waals surface area contributed by atoms with Crippen molar-refractivity contribution in [3.05, 3.63) is 42.1 Å². The normalized spacial score (nSPS) is 12.4. The molecule has 0 aliphatic rings. The van der Waals surface area contributed by atoms with Crippen LogP contribution in [-0.2, 0) is 20.9 Å². The molecule has 0 aliphatic heterocycles. The molecule has 13 heteroatoms. The zero-order valence-corrected chi connectivity index (χ0v) is 23.3. The van der Waals surface area contributed by atoms with Crippen LogP contribution in [0.3, 0.4) is 0 Å². The lowest BCUT2D eigenvalue weighted by Gasteiger charge is -2.25. The van der Waals surface area contributed by atoms with E-state index in [1.807, 2.05) is 44.2 Å². The van der Waals surface area contributed by atoms with Gasteiger partial charge >= 0.3 is 0 Å². The summed E-state index contributed by atoms with van der Waals surface area (Å²) in [6.07, 6.45) is 4.25. The molecule has 1 heterocycles. The van der Waals surface area contributed by atoms with Crippen LogP contribution < -0.4 is 27.4 Å². The van der Waals surface area contributed by atoms with E-state index in [0.29, 0.717) is 19.4 Å². The Balaban J connectivity index is 2.14. The average Bonchev–Trinajstić information content (AvgIpc) is 2.88. The van der Waals surface area contributed by atoms with E-state index in [-0.39, 0.29) is 36.6 Å². The molecule has 4 amide bonds. The van der Waals surface area contributed by atoms with E-state index in [1.165, 1.54) is 4.90 Å². The zero-order valence-electron chi connectivity index (χ0n) is 22.5. The molecule has 212 valence electrons. The largest absolute Gasteiger partial charge is 0.370 e. The van der Waals surface area contributed by atoms with Crippen molar-refractivity contribution in [2.75, 3.05) is 19.3 Å². The van der Waals surface area contributed by atoms with Gasteiger partial charge in [0, 0.05) is 24.7 Å². The Morgan fingerprint density at radius 3 is 2.46 bits per heavy atom. The Hall–Kier alpha value is -3.87. The van der Waals surface area contributed by atoms with Gasteiger partial charge in [0.15, 0.2) is 5.96 Å². The van der Waals surface area contributed by atoms with Crippen LogP contribution in [0.2, 0.25) is 0 Å². The van der Waals surface area contributed by atoms with Crippen molar-refractivity contribution in [2.24, 2.45) is 17.4 Å². The van der Waals surface area contributed by atoms with Crippen LogP contribution in [0, 0.1) is 11.3 Å². The fraction of sp³-hybridized carbons (Fsp3) is 0.462. The molecule has 0 aliphatic carbocycles. The number of nitrogens with zero attached hydrogens (tertiary/aromatic N) is 2. The Morgan fingerprint density at radius 2 is 1.82 bits per heavy atom. The number of para-hydroxylation sites is 1. The second kappa shape index (κ2) is 15.5. The third-order valence-corrected chi connectivity index (χ3v) is 6.40. The van der Waals surface area contributed by atoms with Crippen molar-refractivity contribution in [3.63, 3.8) is 0 Å². The summed E-state index contributed by atoms with van der Waals surface area (Å²) in [5, 5.41) is 15.9. The molecule has 0 bridgehead atoms. The van der Waals surface area contributed by atoms with Gasteiger partial charge in [0.2, 0.25) is 17.7 Å². The summed E-state index contributed by atoms with van der Waals surface area (Å²) in [7, 11) is 0. The maximum absolute atomic E-state index is 13.1. The van der Waals surface area contributed by atoms with E-state index in [1.54, 1.807) is 12.5 Å². The van der Waals surface area contributed by atoms with Crippen LogP contribution in [0.25, 0.3) is 10.9 Å². The number of fused-ring (bicyclic) bond motifs is 1. The van der Waals surface area contributed by atoms with E-state index in [9.17, 15) is 19.2 Å². The van der Waals surface area contributed by atoms with E-state index < -0.39 is 29.8 Å². The summed E-state index contributed by atoms with van der Waals surface area (Å²) in [6, 6.07) is 7.63. The first-order chi connectivity index (χ1) is 18.5. The summed E-state index contributed by atoms with van der Waals surface area (Å²) in [5.74, 6) is -1.87. The van der Waals surface area contributed by atoms with Gasteiger partial charge in [0.1, 0.15) is 18.6 Å². The number of guanidine groups is 1. The number of primary amides is 1. The minimum Gasteiger partial charge on any atom is -0.370 e. The summed E-state index contributed by atoms with van der Waals surface area (Å²) in [5.41, 5.74) is 12.4. The van der Waals surface area contributed by atoms with Crippen molar-refractivity contribution in [2.45, 2.75) is 51.7 Å². The summed E-state index contributed by atoms with van der Waals surface area (Å²) in [4.78, 5) is 56.5. The molecule has 0 fully saturated rings. The Morgan fingerprint density at radius 1 is 1.10 bits per heavy atom. The maximum Gasteiger partial charge on any atom is 0.282 e. The fourth-order valence-corrected chi connectivity index (χ4v) is 4.33. The lowest BCUT2D eigenvalue weighted by molar-refractivity contribution is -0.131. The van der Waals surface area contributed by atoms with Crippen LogP contribution in [0.4, 0.5) is 4.79 Å². The second-order valence-corrected chi connectivity index (χ2v) is 10.3. The Labute approximate surface area is 232 Å². The highest BCUT2D eigenvalue weighted by Gasteiger charge is 2.27. The topological polar surface area (TPSA) is 196 Å². The molecule has 0 spiro atoms. The van der Waals surface area contributed by atoms with Gasteiger partial charge in [-0.1, -0.05) is 43.8 Å². The quantitative estimate of drug-likeness (QED) is 0.113. The summed E-state index contributed by atoms with van der Waals surface area (Å²) >= 11 is 0.975. The van der Waals surface area contributed by atoms with Crippen molar-refractivity contribution in [3.8, 4) is 0 Å². The second-order valence-electron chi connectivity index (χ2n) is 9.56. The van der Waals surface area contributed by atoms with Crippen LogP contribution in [0.1, 0.15) is 38.7 Å². The first kappa shape index (κ1) is 31.3. The number of nitrogens with two attached hydrogens (primary N) is 2. The van der Waals surface area contributed by atoms with E-state index >= 15 is 0 Å². The zero-order chi connectivity index (χ0) is 28.9. The van der Waals surface area contributed by atoms with Gasteiger partial charge in [0.25, 0.3) is 5.24 Å². The maximum atomic E-state index is 13.1. The van der Waals surface area contributed by atoms with Gasteiger partial charge in [-0.2, -0.15) is 0 Å². The molecule has 12 nitrogen and oxygen atoms in total. The third-order valence-electron chi connectivity index (χ3n) is 5.79. The number of nitrogens with one attached hydrogen (secondary N) is 4. The van der Waals surface area contributed by atoms with Crippen molar-refractivity contribution < 1.29 is 19.2 Å². The molecule has 0 radical (unpaired) electrons. The minimum absolute atomic E-state index is 0.103. The number of pyridine rings is 1. The number of thioether (sulfide) groups is 1. The van der Waals surface area contributed by atoms with Crippen molar-refractivity contribution >= 4 is 51.6 Å². The van der Waals surface area contributed by atoms with Gasteiger partial charge in [-0.25, -0.2) is 0 Å². The van der Waals surface area contributed by atoms with Crippen LogP contribution in [-0.4, -0.2) is 70.2 Å². The number of aromatic nitrogens is 1. The van der Waals surface area contributed by atoms with Gasteiger partial charge in [0.05, 0.1) is 5.52 Å². The highest BCUT2D eigenvalue weighted by Crippen LogP contribution is 2.16. The Bertz CT molecular complexity index is 1180. The standard InChI is InChI=1S/C26H38N8O4S/c1-16(2)11-21(23(27)36)33-24(37)20(9-6-10-30-25(28)29)32-22(35)15-34(26(38)39-3)14-17-12-18-7-4-5-8-19(18)31-13-17/h4-5,7-8,12-13,16,20-21H,6,9-11,14-15H2,1-3H3,(H2,27,36)(H,32,35)(H,33,37)(H4,28,29,30)/t20-,21-/m0/s1. The molecule has 1 aromatic carbocycles. The molecule has 8 N–H and O–H groups in total. The van der Waals surface area contributed by atoms with Gasteiger partial charge < -0.3 is 32.3 Å². The molecule has 0 saturated heterocycles. The molecule has 2 atom stereocenters. The lowest BCUT2D eigenvalue weighted by Crippen LogP contribution is -2.54. The number of amides is 4. The molecule has 0 unspecified atom stereocenters. The molecule has 1 aromatic heterocycles. The minimum atomic E-state index is -0.992. The Kier molecular flexibility index (Phi) is 12.5. The molecular formula is C26H38N8O4S. The highest BCUT2D eigenvalue weighted by atomic mass is 32.2. The molecule has 2 rings (SSSR count). The van der Waals surface area contributed by atoms with Crippen LogP contribution in [0.5, 0.6) is 0 Å². The number of rotatable bonds is 14. The average molecular weight is 559 g/mol. The highest BCUT2D eigenvalue weighted by molar-refractivity contribution is 8.12. The van der Waals surface area contributed by atoms with Gasteiger partial charge in [-0.05, 0) is 49.1 Å². The number of carbonyl (C=O) groups excluding carboxylic acids is 4. The lowest BCUT2D eigenvalue weighted by atomic mass is 10.0. The van der Waals surface area contributed by atoms with Gasteiger partial charge in [-0.3, -0.25) is 29.6 Å². The first-order valence-corrected chi connectivity index (χ1v) is 13.9.